The van der Waals surface area contributed by atoms with Crippen LogP contribution >= 0.6 is 0 Å². The molecule has 0 aliphatic carbocycles. The van der Waals surface area contributed by atoms with Crippen molar-refractivity contribution in [2.24, 2.45) is 0 Å². The monoisotopic (exact) mass is 323 g/mol. The van der Waals surface area contributed by atoms with Crippen LogP contribution in [-0.4, -0.2) is 24.6 Å². The molecule has 0 fully saturated rings. The maximum Gasteiger partial charge on any atom is 0.414 e. The van der Waals surface area contributed by atoms with Crippen LogP contribution in [0.2, 0.25) is 0 Å². The molecule has 0 N–H and O–H groups in total. The summed E-state index contributed by atoms with van der Waals surface area (Å²) in [5.74, 6) is 0.711. The van der Waals surface area contributed by atoms with Crippen LogP contribution < -0.4 is 10.2 Å². The first-order valence-corrected chi connectivity index (χ1v) is 7.65. The van der Waals surface area contributed by atoms with Crippen molar-refractivity contribution in [2.45, 2.75) is 6.92 Å². The second-order valence-electron chi connectivity index (χ2n) is 5.35. The summed E-state index contributed by atoms with van der Waals surface area (Å²) >= 11 is 0. The van der Waals surface area contributed by atoms with Gasteiger partial charge in [-0.05, 0) is 31.2 Å². The van der Waals surface area contributed by atoms with E-state index in [0.29, 0.717) is 34.6 Å². The van der Waals surface area contributed by atoms with Gasteiger partial charge in [-0.15, -0.1) is 0 Å². The van der Waals surface area contributed by atoms with Crippen molar-refractivity contribution in [1.82, 2.24) is 4.90 Å². The van der Waals surface area contributed by atoms with Gasteiger partial charge in [0.25, 0.3) is 0 Å². The van der Waals surface area contributed by atoms with Crippen LogP contribution in [0.1, 0.15) is 6.92 Å². The van der Waals surface area contributed by atoms with Crippen molar-refractivity contribution in [1.29, 1.82) is 0 Å². The van der Waals surface area contributed by atoms with Crippen LogP contribution in [-0.2, 0) is 0 Å². The summed E-state index contributed by atoms with van der Waals surface area (Å²) in [6.45, 7) is 2.39. The highest BCUT2D eigenvalue weighted by molar-refractivity contribution is 5.80. The van der Waals surface area contributed by atoms with E-state index in [1.165, 1.54) is 11.0 Å². The summed E-state index contributed by atoms with van der Waals surface area (Å²) in [6.07, 6.45) is -0.465. The fourth-order valence-electron chi connectivity index (χ4n) is 2.30. The quantitative estimate of drug-likeness (QED) is 0.733. The van der Waals surface area contributed by atoms with Crippen LogP contribution in [0.4, 0.5) is 4.79 Å². The molecule has 5 heteroatoms. The molecular weight excluding hydrogens is 306 g/mol. The lowest BCUT2D eigenvalue weighted by molar-refractivity contribution is 0.165. The predicted octanol–water partition coefficient (Wildman–Crippen LogP) is 3.91. The molecule has 24 heavy (non-hydrogen) atoms. The molecule has 0 radical (unpaired) electrons. The summed E-state index contributed by atoms with van der Waals surface area (Å²) in [5.41, 5.74) is 0.906. The molecular formula is C19H17NO4. The van der Waals surface area contributed by atoms with Gasteiger partial charge in [0.15, 0.2) is 5.43 Å². The van der Waals surface area contributed by atoms with E-state index >= 15 is 0 Å². The third-order valence-corrected chi connectivity index (χ3v) is 3.77. The van der Waals surface area contributed by atoms with Gasteiger partial charge in [-0.3, -0.25) is 4.79 Å². The number of amides is 1. The Morgan fingerprint density at radius 1 is 1.12 bits per heavy atom. The Bertz CT molecular complexity index is 945. The Balaban J connectivity index is 2.07. The highest BCUT2D eigenvalue weighted by atomic mass is 16.6. The lowest BCUT2D eigenvalue weighted by Gasteiger charge is -2.16. The topological polar surface area (TPSA) is 59.8 Å². The van der Waals surface area contributed by atoms with Crippen LogP contribution in [0, 0.1) is 0 Å². The molecule has 5 nitrogen and oxygen atoms in total. The molecule has 3 rings (SSSR count). The van der Waals surface area contributed by atoms with Crippen LogP contribution in [0.25, 0.3) is 22.3 Å². The largest absolute Gasteiger partial charge is 0.456 e. The minimum Gasteiger partial charge on any atom is -0.456 e. The van der Waals surface area contributed by atoms with Crippen molar-refractivity contribution in [2.75, 3.05) is 13.6 Å². The number of hydrogen-bond acceptors (Lipinski definition) is 4. The molecule has 1 aromatic heterocycles. The molecule has 0 saturated heterocycles. The van der Waals surface area contributed by atoms with Crippen molar-refractivity contribution in [3.8, 4) is 17.1 Å². The Morgan fingerprint density at radius 3 is 2.62 bits per heavy atom. The molecule has 0 saturated carbocycles. The minimum absolute atomic E-state index is 0.140. The normalized spacial score (nSPS) is 10.6. The number of carbonyl (C=O) groups is 1. The third-order valence-electron chi connectivity index (χ3n) is 3.77. The van der Waals surface area contributed by atoms with Crippen LogP contribution in [0.15, 0.2) is 63.8 Å². The molecule has 0 aliphatic rings. The molecule has 1 heterocycles. The van der Waals surface area contributed by atoms with Gasteiger partial charge in [0.2, 0.25) is 0 Å². The second-order valence-corrected chi connectivity index (χ2v) is 5.35. The molecule has 0 atom stereocenters. The number of benzene rings is 2. The van der Waals surface area contributed by atoms with Gasteiger partial charge in [0.05, 0.1) is 10.9 Å². The number of ether oxygens (including phenoxy) is 1. The van der Waals surface area contributed by atoms with Gasteiger partial charge in [-0.25, -0.2) is 4.79 Å². The van der Waals surface area contributed by atoms with Gasteiger partial charge in [0, 0.05) is 19.7 Å². The van der Waals surface area contributed by atoms with E-state index in [2.05, 4.69) is 0 Å². The highest BCUT2D eigenvalue weighted by Crippen LogP contribution is 2.31. The summed E-state index contributed by atoms with van der Waals surface area (Å²) in [7, 11) is 1.65. The summed E-state index contributed by atoms with van der Waals surface area (Å²) in [6, 6.07) is 15.4. The third kappa shape index (κ3) is 3.01. The van der Waals surface area contributed by atoms with E-state index in [0.717, 1.165) is 0 Å². The first-order valence-electron chi connectivity index (χ1n) is 7.65. The van der Waals surface area contributed by atoms with E-state index in [4.69, 9.17) is 9.15 Å². The van der Waals surface area contributed by atoms with Crippen LogP contribution in [0.5, 0.6) is 5.75 Å². The number of fused-ring (bicyclic) bond motifs is 1. The van der Waals surface area contributed by atoms with Crippen molar-refractivity contribution >= 4 is 17.1 Å². The van der Waals surface area contributed by atoms with Crippen LogP contribution in [0.3, 0.4) is 0 Å². The molecule has 3 aromatic rings. The summed E-state index contributed by atoms with van der Waals surface area (Å²) < 4.78 is 11.3. The zero-order valence-corrected chi connectivity index (χ0v) is 13.5. The number of rotatable bonds is 3. The Kier molecular flexibility index (Phi) is 4.33. The summed E-state index contributed by atoms with van der Waals surface area (Å²) in [5, 5.41) is 0.515. The Hall–Kier alpha value is -3.08. The van der Waals surface area contributed by atoms with E-state index in [1.807, 2.05) is 6.92 Å². The molecule has 1 amide bonds. The average Bonchev–Trinajstić information content (AvgIpc) is 2.61. The van der Waals surface area contributed by atoms with Crippen molar-refractivity contribution < 1.29 is 13.9 Å². The zero-order valence-electron chi connectivity index (χ0n) is 13.5. The maximum absolute atomic E-state index is 12.3. The predicted molar refractivity (Wildman–Crippen MR) is 92.2 cm³/mol. The Labute approximate surface area is 139 Å². The smallest absolute Gasteiger partial charge is 0.414 e. The van der Waals surface area contributed by atoms with E-state index in [9.17, 15) is 9.59 Å². The first kappa shape index (κ1) is 15.8. The first-order chi connectivity index (χ1) is 11.6. The van der Waals surface area contributed by atoms with E-state index in [1.54, 1.807) is 55.6 Å². The SMILES string of the molecule is CCN(C)C(=O)Oc1ccccc1-c1cc(=O)c2ccccc2o1. The lowest BCUT2D eigenvalue weighted by Crippen LogP contribution is -2.29. The average molecular weight is 323 g/mol. The number of nitrogens with zero attached hydrogens (tertiary/aromatic N) is 1. The van der Waals surface area contributed by atoms with Crippen molar-refractivity contribution in [3.05, 3.63) is 64.8 Å². The molecule has 0 aliphatic heterocycles. The van der Waals surface area contributed by atoms with Gasteiger partial charge < -0.3 is 14.1 Å². The van der Waals surface area contributed by atoms with E-state index < -0.39 is 6.09 Å². The number of carbonyl (C=O) groups excluding carboxylic acids is 1. The fraction of sp³-hybridized carbons (Fsp3) is 0.158. The van der Waals surface area contributed by atoms with Gasteiger partial charge in [-0.2, -0.15) is 0 Å². The molecule has 122 valence electrons. The highest BCUT2D eigenvalue weighted by Gasteiger charge is 2.15. The number of para-hydroxylation sites is 2. The fourth-order valence-corrected chi connectivity index (χ4v) is 2.30. The Morgan fingerprint density at radius 2 is 1.83 bits per heavy atom. The molecule has 0 bridgehead atoms. The maximum atomic E-state index is 12.3. The number of hydrogen-bond donors (Lipinski definition) is 0. The van der Waals surface area contributed by atoms with Gasteiger partial charge >= 0.3 is 6.09 Å². The minimum atomic E-state index is -0.465. The second kappa shape index (κ2) is 6.58. The van der Waals surface area contributed by atoms with Gasteiger partial charge in [0.1, 0.15) is 17.1 Å². The zero-order chi connectivity index (χ0) is 17.1. The lowest BCUT2D eigenvalue weighted by atomic mass is 10.1. The standard InChI is InChI=1S/C19H17NO4/c1-3-20(2)19(22)24-17-11-7-5-9-14(17)18-12-15(21)13-8-4-6-10-16(13)23-18/h4-12H,3H2,1-2H3. The van der Waals surface area contributed by atoms with Crippen molar-refractivity contribution in [3.63, 3.8) is 0 Å². The molecule has 2 aromatic carbocycles. The van der Waals surface area contributed by atoms with Gasteiger partial charge in [-0.1, -0.05) is 24.3 Å². The van der Waals surface area contributed by atoms with E-state index in [-0.39, 0.29) is 5.43 Å². The molecule has 0 spiro atoms. The summed E-state index contributed by atoms with van der Waals surface area (Å²) in [4.78, 5) is 25.8. The molecule has 0 unspecified atom stereocenters.